The molecule has 0 bridgehead atoms. The van der Waals surface area contributed by atoms with Crippen molar-refractivity contribution in [2.45, 2.75) is 309 Å². The Morgan fingerprint density at radius 3 is 0.915 bits per heavy atom. The maximum absolute atomic E-state index is 12.8. The van der Waals surface area contributed by atoms with Crippen molar-refractivity contribution in [3.05, 3.63) is 72.9 Å². The molecule has 1 unspecified atom stereocenters. The molecule has 0 aliphatic carbocycles. The van der Waals surface area contributed by atoms with E-state index in [1.54, 1.807) is 0 Å². The molecule has 0 radical (unpaired) electrons. The van der Waals surface area contributed by atoms with E-state index in [9.17, 15) is 14.4 Å². The van der Waals surface area contributed by atoms with E-state index in [0.717, 1.165) is 116 Å². The van der Waals surface area contributed by atoms with E-state index in [1.807, 2.05) is 0 Å². The van der Waals surface area contributed by atoms with Gasteiger partial charge in [0.1, 0.15) is 13.2 Å². The summed E-state index contributed by atoms with van der Waals surface area (Å²) in [6, 6.07) is 0. The Bertz CT molecular complexity index is 1320. The molecule has 0 spiro atoms. The Morgan fingerprint density at radius 1 is 0.296 bits per heavy atom. The summed E-state index contributed by atoms with van der Waals surface area (Å²) in [5, 5.41) is 0. The zero-order valence-electron chi connectivity index (χ0n) is 47.0. The molecular weight excluding hydrogens is 877 g/mol. The van der Waals surface area contributed by atoms with E-state index < -0.39 is 6.10 Å². The van der Waals surface area contributed by atoms with Crippen LogP contribution in [0.1, 0.15) is 303 Å². The van der Waals surface area contributed by atoms with Crippen LogP contribution >= 0.6 is 0 Å². The molecule has 0 aromatic heterocycles. The zero-order valence-corrected chi connectivity index (χ0v) is 47.0. The summed E-state index contributed by atoms with van der Waals surface area (Å²) in [5.41, 5.74) is 0. The van der Waals surface area contributed by atoms with Crippen molar-refractivity contribution in [2.75, 3.05) is 13.2 Å². The smallest absolute Gasteiger partial charge is 0.306 e. The average molecular weight is 992 g/mol. The molecule has 6 heteroatoms. The maximum Gasteiger partial charge on any atom is 0.306 e. The number of hydrogen-bond acceptors (Lipinski definition) is 6. The highest BCUT2D eigenvalue weighted by Crippen LogP contribution is 2.17. The van der Waals surface area contributed by atoms with Gasteiger partial charge in [-0.15, -0.1) is 0 Å². The highest BCUT2D eigenvalue weighted by Gasteiger charge is 2.19. The van der Waals surface area contributed by atoms with Crippen LogP contribution in [0.25, 0.3) is 0 Å². The summed E-state index contributed by atoms with van der Waals surface area (Å²) in [6.45, 7) is 6.48. The second-order valence-electron chi connectivity index (χ2n) is 20.2. The number of unbranched alkanes of at least 4 members (excludes halogenated alkanes) is 32. The molecule has 0 N–H and O–H groups in total. The predicted molar refractivity (Wildman–Crippen MR) is 307 cm³/mol. The van der Waals surface area contributed by atoms with Crippen molar-refractivity contribution in [1.29, 1.82) is 0 Å². The predicted octanol–water partition coefficient (Wildman–Crippen LogP) is 20.5. The second-order valence-corrected chi connectivity index (χ2v) is 20.2. The van der Waals surface area contributed by atoms with Crippen LogP contribution < -0.4 is 0 Å². The lowest BCUT2D eigenvalue weighted by Gasteiger charge is -2.18. The molecule has 6 nitrogen and oxygen atoms in total. The van der Waals surface area contributed by atoms with Crippen LogP contribution in [0.3, 0.4) is 0 Å². The minimum absolute atomic E-state index is 0.0774. The van der Waals surface area contributed by atoms with Crippen LogP contribution in [-0.2, 0) is 28.6 Å². The molecule has 0 aliphatic rings. The van der Waals surface area contributed by atoms with Gasteiger partial charge in [0.25, 0.3) is 0 Å². The summed E-state index contributed by atoms with van der Waals surface area (Å²) < 4.78 is 16.9. The third-order valence-electron chi connectivity index (χ3n) is 13.2. The average Bonchev–Trinajstić information content (AvgIpc) is 3.37. The number of ether oxygens (including phenoxy) is 3. The Balaban J connectivity index is 4.21. The van der Waals surface area contributed by atoms with Crippen LogP contribution in [-0.4, -0.2) is 37.2 Å². The first-order chi connectivity index (χ1) is 35.0. The fourth-order valence-electron chi connectivity index (χ4n) is 8.65. The zero-order chi connectivity index (χ0) is 51.4. The van der Waals surface area contributed by atoms with Gasteiger partial charge in [0, 0.05) is 19.3 Å². The number of esters is 3. The molecule has 71 heavy (non-hydrogen) atoms. The van der Waals surface area contributed by atoms with Crippen LogP contribution in [0, 0.1) is 0 Å². The maximum atomic E-state index is 12.8. The van der Waals surface area contributed by atoms with Crippen molar-refractivity contribution in [2.24, 2.45) is 0 Å². The van der Waals surface area contributed by atoms with Gasteiger partial charge in [-0.3, -0.25) is 14.4 Å². The van der Waals surface area contributed by atoms with Crippen molar-refractivity contribution in [3.63, 3.8) is 0 Å². The van der Waals surface area contributed by atoms with Crippen molar-refractivity contribution >= 4 is 17.9 Å². The molecular formula is C65H114O6. The summed E-state index contributed by atoms with van der Waals surface area (Å²) in [7, 11) is 0. The Hall–Kier alpha value is -3.15. The normalized spacial score (nSPS) is 12.5. The number of carbonyl (C=O) groups is 3. The fourth-order valence-corrected chi connectivity index (χ4v) is 8.65. The second kappa shape index (κ2) is 59.4. The van der Waals surface area contributed by atoms with Crippen molar-refractivity contribution < 1.29 is 28.6 Å². The first-order valence-corrected chi connectivity index (χ1v) is 30.4. The molecule has 0 aromatic carbocycles. The van der Waals surface area contributed by atoms with Gasteiger partial charge in [-0.1, -0.05) is 273 Å². The first kappa shape index (κ1) is 67.8. The molecule has 0 heterocycles. The van der Waals surface area contributed by atoms with E-state index in [0.29, 0.717) is 19.3 Å². The minimum atomic E-state index is -0.780. The Kier molecular flexibility index (Phi) is 56.8. The molecule has 0 amide bonds. The lowest BCUT2D eigenvalue weighted by Crippen LogP contribution is -2.30. The molecule has 0 fully saturated rings. The number of allylic oxidation sites excluding steroid dienone is 12. The first-order valence-electron chi connectivity index (χ1n) is 30.4. The van der Waals surface area contributed by atoms with E-state index in [2.05, 4.69) is 93.7 Å². The van der Waals surface area contributed by atoms with Crippen molar-refractivity contribution in [1.82, 2.24) is 0 Å². The van der Waals surface area contributed by atoms with Crippen LogP contribution in [0.5, 0.6) is 0 Å². The highest BCUT2D eigenvalue weighted by molar-refractivity contribution is 5.71. The summed E-state index contributed by atoms with van der Waals surface area (Å²) in [4.78, 5) is 38.2. The standard InChI is InChI=1S/C65H114O6/c1-4-7-10-13-16-19-22-25-26-27-28-29-30-31-32-33-34-35-36-37-38-41-43-46-49-52-55-58-64(67)70-61-62(71-65(68)59-56-53-50-47-44-40-24-21-18-15-12-9-6-3)60-69-63(66)57-54-51-48-45-42-39-23-20-17-14-11-8-5-2/h7,10,12,15-16,19,21,24-26,28-29,62H,4-6,8-9,11,13-14,17-18,20,22-23,27,30-61H2,1-3H3/b10-7-,15-12-,19-16-,24-21-,26-25-,29-28-. The lowest BCUT2D eigenvalue weighted by molar-refractivity contribution is -0.167. The third-order valence-corrected chi connectivity index (χ3v) is 13.2. The summed E-state index contributed by atoms with van der Waals surface area (Å²) in [5.74, 6) is -0.880. The quantitative estimate of drug-likeness (QED) is 0.0261. The summed E-state index contributed by atoms with van der Waals surface area (Å²) >= 11 is 0. The number of carbonyl (C=O) groups excluding carboxylic acids is 3. The van der Waals surface area contributed by atoms with E-state index in [4.69, 9.17) is 14.2 Å². The van der Waals surface area contributed by atoms with Gasteiger partial charge in [-0.05, 0) is 83.5 Å². The Morgan fingerprint density at radius 2 is 0.577 bits per heavy atom. The molecule has 0 saturated carbocycles. The van der Waals surface area contributed by atoms with Crippen LogP contribution in [0.4, 0.5) is 0 Å². The third kappa shape index (κ3) is 57.6. The SMILES string of the molecule is CC/C=C\C/C=C\C/C=C\C/C=C\CCCCCCCCCCCCCCCCC(=O)OCC(COC(=O)CCCCCCCCCCCCCCC)OC(=O)CCCCCCC/C=C\C/C=C\CCC. The Labute approximate surface area is 440 Å². The largest absolute Gasteiger partial charge is 0.462 e. The molecule has 410 valence electrons. The fraction of sp³-hybridized carbons (Fsp3) is 0.769. The van der Waals surface area contributed by atoms with Gasteiger partial charge in [0.2, 0.25) is 0 Å². The van der Waals surface area contributed by atoms with Crippen molar-refractivity contribution in [3.8, 4) is 0 Å². The van der Waals surface area contributed by atoms with Crippen LogP contribution in [0.2, 0.25) is 0 Å². The van der Waals surface area contributed by atoms with Gasteiger partial charge < -0.3 is 14.2 Å². The molecule has 0 saturated heterocycles. The topological polar surface area (TPSA) is 78.9 Å². The molecule has 1 atom stereocenters. The van der Waals surface area contributed by atoms with E-state index in [1.165, 1.54) is 148 Å². The molecule has 0 rings (SSSR count). The van der Waals surface area contributed by atoms with Crippen LogP contribution in [0.15, 0.2) is 72.9 Å². The monoisotopic (exact) mass is 991 g/mol. The minimum Gasteiger partial charge on any atom is -0.462 e. The van der Waals surface area contributed by atoms with Gasteiger partial charge in [-0.2, -0.15) is 0 Å². The van der Waals surface area contributed by atoms with E-state index in [-0.39, 0.29) is 31.1 Å². The highest BCUT2D eigenvalue weighted by atomic mass is 16.6. The number of hydrogen-bond donors (Lipinski definition) is 0. The molecule has 0 aliphatic heterocycles. The van der Waals surface area contributed by atoms with Gasteiger partial charge >= 0.3 is 17.9 Å². The van der Waals surface area contributed by atoms with E-state index >= 15 is 0 Å². The van der Waals surface area contributed by atoms with Gasteiger partial charge in [0.05, 0.1) is 0 Å². The molecule has 0 aromatic rings. The number of rotatable bonds is 55. The van der Waals surface area contributed by atoms with Gasteiger partial charge in [0.15, 0.2) is 6.10 Å². The lowest BCUT2D eigenvalue weighted by atomic mass is 10.0. The van der Waals surface area contributed by atoms with Gasteiger partial charge in [-0.25, -0.2) is 0 Å². The summed E-state index contributed by atoms with van der Waals surface area (Å²) in [6.07, 6.45) is 76.2.